The summed E-state index contributed by atoms with van der Waals surface area (Å²) in [6, 6.07) is 3.46. The van der Waals surface area contributed by atoms with Crippen molar-refractivity contribution in [2.45, 2.75) is 58.7 Å². The molecule has 38 heavy (non-hydrogen) atoms. The van der Waals surface area contributed by atoms with Crippen molar-refractivity contribution >= 4 is 34.5 Å². The lowest BCUT2D eigenvalue weighted by molar-refractivity contribution is -0.150. The minimum absolute atomic E-state index is 0.00576. The molecule has 2 fully saturated rings. The number of carbonyl (C=O) groups excluding carboxylic acids is 4. The quantitative estimate of drug-likeness (QED) is 0.472. The second-order valence-corrected chi connectivity index (χ2v) is 11.1. The van der Waals surface area contributed by atoms with E-state index in [-0.39, 0.29) is 23.8 Å². The van der Waals surface area contributed by atoms with Crippen LogP contribution in [0.1, 0.15) is 46.2 Å². The molecule has 10 nitrogen and oxygen atoms in total. The van der Waals surface area contributed by atoms with Crippen molar-refractivity contribution in [3.63, 3.8) is 0 Å². The van der Waals surface area contributed by atoms with Crippen LogP contribution in [0.3, 0.4) is 0 Å². The molecule has 0 radical (unpaired) electrons. The minimum atomic E-state index is -3.67. The van der Waals surface area contributed by atoms with Crippen molar-refractivity contribution in [2.75, 3.05) is 6.54 Å². The summed E-state index contributed by atoms with van der Waals surface area (Å²) in [5.41, 5.74) is 6.30. The number of benzene rings is 1. The molecule has 204 valence electrons. The van der Waals surface area contributed by atoms with Gasteiger partial charge < -0.3 is 21.3 Å². The van der Waals surface area contributed by atoms with Gasteiger partial charge in [0.1, 0.15) is 18.1 Å². The van der Waals surface area contributed by atoms with Crippen molar-refractivity contribution in [3.8, 4) is 0 Å². The molecule has 2 heterocycles. The summed E-state index contributed by atoms with van der Waals surface area (Å²) in [4.78, 5) is 53.1. The Labute approximate surface area is 218 Å². The third-order valence-electron chi connectivity index (χ3n) is 7.84. The van der Waals surface area contributed by atoms with Crippen LogP contribution in [0, 0.1) is 23.2 Å². The smallest absolute Gasteiger partial charge is 0.321 e. The van der Waals surface area contributed by atoms with Crippen LogP contribution < -0.4 is 16.4 Å². The zero-order chi connectivity index (χ0) is 28.2. The third kappa shape index (κ3) is 4.79. The van der Waals surface area contributed by atoms with Crippen molar-refractivity contribution in [1.29, 1.82) is 0 Å². The first kappa shape index (κ1) is 27.3. The number of halogens is 2. The SMILES string of the molecule is CC(C)[C@H](NC(=O)C(C)(F)F)C(=O)N1C[C@H]2[C@@H]([C@H]1C(=O)NC(C(N)=O)c1cnnc3ccccc13)C2(C)C. The van der Waals surface area contributed by atoms with Gasteiger partial charge in [-0.2, -0.15) is 19.0 Å². The summed E-state index contributed by atoms with van der Waals surface area (Å²) >= 11 is 0. The number of nitrogens with two attached hydrogens (primary N) is 1. The molecule has 5 atom stereocenters. The molecule has 4 amide bonds. The monoisotopic (exact) mass is 530 g/mol. The molecule has 12 heteroatoms. The number of carbonyl (C=O) groups is 4. The first-order chi connectivity index (χ1) is 17.7. The fourth-order valence-electron chi connectivity index (χ4n) is 5.56. The number of nitrogens with one attached hydrogen (secondary N) is 2. The highest BCUT2D eigenvalue weighted by Crippen LogP contribution is 2.65. The highest BCUT2D eigenvalue weighted by molar-refractivity contribution is 5.97. The second kappa shape index (κ2) is 9.55. The first-order valence-electron chi connectivity index (χ1n) is 12.5. The van der Waals surface area contributed by atoms with Gasteiger partial charge in [-0.25, -0.2) is 0 Å². The van der Waals surface area contributed by atoms with E-state index in [1.807, 2.05) is 13.8 Å². The first-order valence-corrected chi connectivity index (χ1v) is 12.5. The molecule has 1 unspecified atom stereocenters. The van der Waals surface area contributed by atoms with Gasteiger partial charge >= 0.3 is 5.92 Å². The molecule has 0 bridgehead atoms. The summed E-state index contributed by atoms with van der Waals surface area (Å²) < 4.78 is 27.2. The molecule has 1 saturated heterocycles. The Balaban J connectivity index is 1.63. The van der Waals surface area contributed by atoms with E-state index >= 15 is 0 Å². The predicted molar refractivity (Wildman–Crippen MR) is 133 cm³/mol. The Morgan fingerprint density at radius 3 is 2.42 bits per heavy atom. The maximum Gasteiger partial charge on any atom is 0.321 e. The molecule has 1 aromatic carbocycles. The molecular formula is C26H32F2N6O4. The lowest BCUT2D eigenvalue weighted by atomic mass is 9.96. The summed E-state index contributed by atoms with van der Waals surface area (Å²) in [6.07, 6.45) is 1.36. The van der Waals surface area contributed by atoms with Crippen molar-refractivity contribution in [3.05, 3.63) is 36.0 Å². The van der Waals surface area contributed by atoms with E-state index < -0.39 is 53.6 Å². The van der Waals surface area contributed by atoms with Crippen LogP contribution in [-0.4, -0.2) is 63.3 Å². The molecule has 1 aliphatic heterocycles. The van der Waals surface area contributed by atoms with Gasteiger partial charge in [-0.05, 0) is 29.2 Å². The molecule has 2 aliphatic rings. The average molecular weight is 531 g/mol. The topological polar surface area (TPSA) is 147 Å². The van der Waals surface area contributed by atoms with Gasteiger partial charge in [-0.3, -0.25) is 19.2 Å². The van der Waals surface area contributed by atoms with E-state index in [0.717, 1.165) is 0 Å². The van der Waals surface area contributed by atoms with Gasteiger partial charge in [0.15, 0.2) is 0 Å². The van der Waals surface area contributed by atoms with Crippen LogP contribution in [0.25, 0.3) is 10.9 Å². The van der Waals surface area contributed by atoms with Crippen LogP contribution >= 0.6 is 0 Å². The fraction of sp³-hybridized carbons (Fsp3) is 0.538. The van der Waals surface area contributed by atoms with Crippen molar-refractivity contribution in [1.82, 2.24) is 25.7 Å². The Morgan fingerprint density at radius 1 is 1.16 bits per heavy atom. The standard InChI is InChI=1S/C26H32F2N6O4/c1-12(2)18(32-24(38)26(5,27)28)23(37)34-11-15-17(25(15,3)4)20(34)22(36)31-19(21(29)35)14-10-30-33-16-9-7-6-8-13(14)16/h6-10,12,15,17-20H,11H2,1-5H3,(H2,29,35)(H,31,36)(H,32,38)/t15-,17-,18-,19?,20-/m0/s1. The van der Waals surface area contributed by atoms with Gasteiger partial charge in [0.2, 0.25) is 17.7 Å². The number of amides is 4. The van der Waals surface area contributed by atoms with Gasteiger partial charge in [0, 0.05) is 24.4 Å². The van der Waals surface area contributed by atoms with E-state index in [0.29, 0.717) is 23.4 Å². The number of primary amides is 1. The largest absolute Gasteiger partial charge is 0.368 e. The molecule has 2 aromatic rings. The number of nitrogens with zero attached hydrogens (tertiary/aromatic N) is 3. The molecule has 1 saturated carbocycles. The summed E-state index contributed by atoms with van der Waals surface area (Å²) in [5.74, 6) is -8.04. The zero-order valence-corrected chi connectivity index (χ0v) is 21.9. The molecule has 1 aromatic heterocycles. The number of hydrogen-bond donors (Lipinski definition) is 3. The molecule has 0 spiro atoms. The summed E-state index contributed by atoms with van der Waals surface area (Å²) in [5, 5.41) is 13.4. The maximum absolute atomic E-state index is 13.7. The average Bonchev–Trinajstić information content (AvgIpc) is 3.16. The van der Waals surface area contributed by atoms with E-state index in [9.17, 15) is 28.0 Å². The Kier molecular flexibility index (Phi) is 6.87. The summed E-state index contributed by atoms with van der Waals surface area (Å²) in [7, 11) is 0. The fourth-order valence-corrected chi connectivity index (χ4v) is 5.56. The number of rotatable bonds is 8. The second-order valence-electron chi connectivity index (χ2n) is 11.1. The highest BCUT2D eigenvalue weighted by atomic mass is 19.3. The van der Waals surface area contributed by atoms with Crippen LogP contribution in [0.5, 0.6) is 0 Å². The number of piperidine rings is 1. The lowest BCUT2D eigenvalue weighted by Crippen LogP contribution is -2.59. The number of hydrogen-bond acceptors (Lipinski definition) is 6. The van der Waals surface area contributed by atoms with Crippen LogP contribution in [0.4, 0.5) is 8.78 Å². The Bertz CT molecular complexity index is 1290. The predicted octanol–water partition coefficient (Wildman–Crippen LogP) is 1.55. The van der Waals surface area contributed by atoms with Crippen LogP contribution in [-0.2, 0) is 19.2 Å². The third-order valence-corrected chi connectivity index (χ3v) is 7.84. The minimum Gasteiger partial charge on any atom is -0.368 e. The Hall–Kier alpha value is -3.70. The number of likely N-dealkylation sites (tertiary alicyclic amines) is 1. The normalized spacial score (nSPS) is 23.5. The van der Waals surface area contributed by atoms with Crippen LogP contribution in [0.2, 0.25) is 0 Å². The Morgan fingerprint density at radius 2 is 1.82 bits per heavy atom. The number of alkyl halides is 2. The van der Waals surface area contributed by atoms with E-state index in [1.54, 1.807) is 38.1 Å². The van der Waals surface area contributed by atoms with E-state index in [4.69, 9.17) is 5.73 Å². The molecule has 4 N–H and O–H groups in total. The maximum atomic E-state index is 13.7. The van der Waals surface area contributed by atoms with Crippen LogP contribution in [0.15, 0.2) is 30.5 Å². The summed E-state index contributed by atoms with van der Waals surface area (Å²) in [6.45, 7) is 7.88. The lowest BCUT2D eigenvalue weighted by Gasteiger charge is -2.35. The van der Waals surface area contributed by atoms with Crippen molar-refractivity contribution < 1.29 is 28.0 Å². The zero-order valence-electron chi connectivity index (χ0n) is 21.9. The van der Waals surface area contributed by atoms with E-state index in [2.05, 4.69) is 20.8 Å². The molecule has 4 rings (SSSR count). The van der Waals surface area contributed by atoms with Gasteiger partial charge in [-0.15, -0.1) is 0 Å². The molecular weight excluding hydrogens is 498 g/mol. The van der Waals surface area contributed by atoms with Gasteiger partial charge in [0.05, 0.1) is 11.7 Å². The molecule has 1 aliphatic carbocycles. The van der Waals surface area contributed by atoms with Crippen molar-refractivity contribution in [2.24, 2.45) is 28.9 Å². The number of aromatic nitrogens is 2. The van der Waals surface area contributed by atoms with E-state index in [1.165, 1.54) is 11.1 Å². The van der Waals surface area contributed by atoms with Gasteiger partial charge in [0.25, 0.3) is 5.91 Å². The van der Waals surface area contributed by atoms with Gasteiger partial charge in [-0.1, -0.05) is 45.9 Å². The highest BCUT2D eigenvalue weighted by Gasteiger charge is 2.69. The number of fused-ring (bicyclic) bond motifs is 2.